The van der Waals surface area contributed by atoms with Crippen LogP contribution in [-0.4, -0.2) is 19.6 Å². The van der Waals surface area contributed by atoms with Gasteiger partial charge in [0.2, 0.25) is 0 Å². The van der Waals surface area contributed by atoms with E-state index in [1.54, 1.807) is 12.1 Å². The Morgan fingerprint density at radius 2 is 1.82 bits per heavy atom. The van der Waals surface area contributed by atoms with Gasteiger partial charge in [-0.25, -0.2) is 4.39 Å². The lowest BCUT2D eigenvalue weighted by Crippen LogP contribution is -2.29. The van der Waals surface area contributed by atoms with Gasteiger partial charge < -0.3 is 10.6 Å². The van der Waals surface area contributed by atoms with E-state index in [1.807, 2.05) is 13.0 Å². The molecule has 2 N–H and O–H groups in total. The van der Waals surface area contributed by atoms with Gasteiger partial charge in [-0.2, -0.15) is 0 Å². The van der Waals surface area contributed by atoms with Crippen molar-refractivity contribution in [2.75, 3.05) is 19.6 Å². The van der Waals surface area contributed by atoms with Gasteiger partial charge in [-0.05, 0) is 42.6 Å². The van der Waals surface area contributed by atoms with E-state index >= 15 is 0 Å². The monoisotopic (exact) mass is 238 g/mol. The molecule has 0 fully saturated rings. The first-order chi connectivity index (χ1) is 8.08. The predicted octanol–water partition coefficient (Wildman–Crippen LogP) is 2.47. The maximum absolute atomic E-state index is 13.1. The van der Waals surface area contributed by atoms with Crippen molar-refractivity contribution >= 4 is 0 Å². The standard InChI is InChI=1S/C14H23FN2/c1-11(2)9-16-4-5-17-10-13-6-12(3)7-14(15)8-13/h6-8,11,16-17H,4-5,9-10H2,1-3H3. The SMILES string of the molecule is Cc1cc(F)cc(CNCCNCC(C)C)c1. The first kappa shape index (κ1) is 14.1. The van der Waals surface area contributed by atoms with Crippen molar-refractivity contribution in [3.05, 3.63) is 35.1 Å². The van der Waals surface area contributed by atoms with Crippen molar-refractivity contribution in [1.29, 1.82) is 0 Å². The summed E-state index contributed by atoms with van der Waals surface area (Å²) in [7, 11) is 0. The van der Waals surface area contributed by atoms with Crippen LogP contribution in [0.1, 0.15) is 25.0 Å². The van der Waals surface area contributed by atoms with E-state index in [2.05, 4.69) is 24.5 Å². The summed E-state index contributed by atoms with van der Waals surface area (Å²) in [6, 6.07) is 5.15. The molecule has 0 unspecified atom stereocenters. The number of hydrogen-bond acceptors (Lipinski definition) is 2. The fraction of sp³-hybridized carbons (Fsp3) is 0.571. The summed E-state index contributed by atoms with van der Waals surface area (Å²) in [6.07, 6.45) is 0. The van der Waals surface area contributed by atoms with Crippen molar-refractivity contribution in [2.24, 2.45) is 5.92 Å². The normalized spacial score (nSPS) is 11.1. The van der Waals surface area contributed by atoms with Gasteiger partial charge in [-0.3, -0.25) is 0 Å². The molecule has 1 rings (SSSR count). The first-order valence-corrected chi connectivity index (χ1v) is 6.25. The molecule has 2 nitrogen and oxygen atoms in total. The number of benzene rings is 1. The van der Waals surface area contributed by atoms with E-state index in [9.17, 15) is 4.39 Å². The highest BCUT2D eigenvalue weighted by atomic mass is 19.1. The molecule has 0 aliphatic heterocycles. The molecule has 17 heavy (non-hydrogen) atoms. The fourth-order valence-corrected chi connectivity index (χ4v) is 1.71. The Labute approximate surface area is 104 Å². The van der Waals surface area contributed by atoms with E-state index in [1.165, 1.54) is 0 Å². The molecule has 0 amide bonds. The van der Waals surface area contributed by atoms with Gasteiger partial charge in [-0.1, -0.05) is 19.9 Å². The molecular weight excluding hydrogens is 215 g/mol. The van der Waals surface area contributed by atoms with Crippen LogP contribution in [0.25, 0.3) is 0 Å². The Balaban J connectivity index is 2.18. The molecule has 0 saturated carbocycles. The molecule has 0 bridgehead atoms. The van der Waals surface area contributed by atoms with Crippen LogP contribution in [0.2, 0.25) is 0 Å². The second-order valence-electron chi connectivity index (χ2n) is 4.91. The van der Waals surface area contributed by atoms with Crippen LogP contribution >= 0.6 is 0 Å². The molecule has 96 valence electrons. The third-order valence-corrected chi connectivity index (χ3v) is 2.46. The number of aryl methyl sites for hydroxylation is 1. The average Bonchev–Trinajstić information content (AvgIpc) is 2.21. The van der Waals surface area contributed by atoms with Gasteiger partial charge in [0, 0.05) is 19.6 Å². The van der Waals surface area contributed by atoms with Crippen molar-refractivity contribution in [2.45, 2.75) is 27.3 Å². The maximum atomic E-state index is 13.1. The van der Waals surface area contributed by atoms with E-state index in [0.29, 0.717) is 5.92 Å². The zero-order valence-electron chi connectivity index (χ0n) is 11.0. The summed E-state index contributed by atoms with van der Waals surface area (Å²) >= 11 is 0. The van der Waals surface area contributed by atoms with E-state index in [4.69, 9.17) is 0 Å². The van der Waals surface area contributed by atoms with E-state index in [0.717, 1.165) is 37.3 Å². The van der Waals surface area contributed by atoms with Gasteiger partial charge >= 0.3 is 0 Å². The average molecular weight is 238 g/mol. The molecule has 0 aromatic heterocycles. The number of hydrogen-bond donors (Lipinski definition) is 2. The highest BCUT2D eigenvalue weighted by molar-refractivity contribution is 5.23. The van der Waals surface area contributed by atoms with Crippen LogP contribution in [0.4, 0.5) is 4.39 Å². The molecule has 3 heteroatoms. The van der Waals surface area contributed by atoms with E-state index in [-0.39, 0.29) is 5.82 Å². The molecule has 0 aliphatic rings. The minimum atomic E-state index is -0.153. The van der Waals surface area contributed by atoms with E-state index < -0.39 is 0 Å². The second kappa shape index (κ2) is 7.41. The third kappa shape index (κ3) is 6.39. The molecule has 0 saturated heterocycles. The van der Waals surface area contributed by atoms with Crippen LogP contribution in [0.5, 0.6) is 0 Å². The fourth-order valence-electron chi connectivity index (χ4n) is 1.71. The van der Waals surface area contributed by atoms with Crippen molar-refractivity contribution in [3.63, 3.8) is 0 Å². The Hall–Kier alpha value is -0.930. The van der Waals surface area contributed by atoms with Gasteiger partial charge in [-0.15, -0.1) is 0 Å². The number of nitrogens with one attached hydrogen (secondary N) is 2. The highest BCUT2D eigenvalue weighted by Gasteiger charge is 1.98. The molecule has 1 aromatic carbocycles. The van der Waals surface area contributed by atoms with Crippen LogP contribution in [0, 0.1) is 18.7 Å². The van der Waals surface area contributed by atoms with Gasteiger partial charge in [0.05, 0.1) is 0 Å². The predicted molar refractivity (Wildman–Crippen MR) is 70.6 cm³/mol. The van der Waals surface area contributed by atoms with Crippen molar-refractivity contribution in [3.8, 4) is 0 Å². The zero-order valence-corrected chi connectivity index (χ0v) is 11.0. The smallest absolute Gasteiger partial charge is 0.123 e. The van der Waals surface area contributed by atoms with Crippen LogP contribution in [-0.2, 0) is 6.54 Å². The number of rotatable bonds is 7. The zero-order chi connectivity index (χ0) is 12.7. The lowest BCUT2D eigenvalue weighted by atomic mass is 10.1. The molecule has 0 aliphatic carbocycles. The van der Waals surface area contributed by atoms with Crippen molar-refractivity contribution < 1.29 is 4.39 Å². The second-order valence-corrected chi connectivity index (χ2v) is 4.91. The van der Waals surface area contributed by atoms with Crippen molar-refractivity contribution in [1.82, 2.24) is 10.6 Å². The molecule has 1 aromatic rings. The van der Waals surface area contributed by atoms with Gasteiger partial charge in [0.25, 0.3) is 0 Å². The lowest BCUT2D eigenvalue weighted by molar-refractivity contribution is 0.535. The summed E-state index contributed by atoms with van der Waals surface area (Å²) < 4.78 is 13.1. The minimum absolute atomic E-state index is 0.153. The summed E-state index contributed by atoms with van der Waals surface area (Å²) in [5.41, 5.74) is 1.98. The summed E-state index contributed by atoms with van der Waals surface area (Å²) in [6.45, 7) is 9.92. The lowest BCUT2D eigenvalue weighted by Gasteiger charge is -2.09. The Bertz CT molecular complexity index is 317. The first-order valence-electron chi connectivity index (χ1n) is 6.25. The minimum Gasteiger partial charge on any atom is -0.315 e. The summed E-state index contributed by atoms with van der Waals surface area (Å²) in [5.74, 6) is 0.528. The molecular formula is C14H23FN2. The summed E-state index contributed by atoms with van der Waals surface area (Å²) in [4.78, 5) is 0. The topological polar surface area (TPSA) is 24.1 Å². The number of halogens is 1. The van der Waals surface area contributed by atoms with Crippen LogP contribution in [0.3, 0.4) is 0 Å². The maximum Gasteiger partial charge on any atom is 0.123 e. The summed E-state index contributed by atoms with van der Waals surface area (Å²) in [5, 5.41) is 6.66. The Morgan fingerprint density at radius 3 is 2.47 bits per heavy atom. The molecule has 0 spiro atoms. The third-order valence-electron chi connectivity index (χ3n) is 2.46. The van der Waals surface area contributed by atoms with Crippen LogP contribution in [0.15, 0.2) is 18.2 Å². The van der Waals surface area contributed by atoms with Crippen LogP contribution < -0.4 is 10.6 Å². The largest absolute Gasteiger partial charge is 0.315 e. The highest BCUT2D eigenvalue weighted by Crippen LogP contribution is 2.07. The van der Waals surface area contributed by atoms with Gasteiger partial charge in [0.1, 0.15) is 5.82 Å². The quantitative estimate of drug-likeness (QED) is 0.713. The Kier molecular flexibility index (Phi) is 6.16. The molecule has 0 heterocycles. The molecule has 0 atom stereocenters. The molecule has 0 radical (unpaired) electrons. The Morgan fingerprint density at radius 1 is 1.12 bits per heavy atom. The van der Waals surface area contributed by atoms with Gasteiger partial charge in [0.15, 0.2) is 0 Å².